The molecule has 2 aliphatic carbocycles. The van der Waals surface area contributed by atoms with E-state index in [4.69, 9.17) is 44.1 Å². The molecule has 220 valence electrons. The number of halogens is 3. The highest BCUT2D eigenvalue weighted by Gasteiger charge is 2.46. The summed E-state index contributed by atoms with van der Waals surface area (Å²) in [5, 5.41) is 31.3. The number of benzene rings is 3. The lowest BCUT2D eigenvalue weighted by atomic mass is 9.65. The van der Waals surface area contributed by atoms with Crippen molar-refractivity contribution in [3.05, 3.63) is 97.8 Å². The molecular weight excluding hydrogens is 613 g/mol. The minimum absolute atomic E-state index is 0.0277. The topological polar surface area (TPSA) is 111 Å². The van der Waals surface area contributed by atoms with Crippen LogP contribution in [0.5, 0.6) is 5.75 Å². The van der Waals surface area contributed by atoms with E-state index in [2.05, 4.69) is 10.3 Å². The maximum atomic E-state index is 11.5. The number of fused-ring (bicyclic) bond motifs is 1. The van der Waals surface area contributed by atoms with Crippen LogP contribution in [0.4, 0.5) is 0 Å². The van der Waals surface area contributed by atoms with E-state index in [-0.39, 0.29) is 18.2 Å². The summed E-state index contributed by atoms with van der Waals surface area (Å²) in [5.41, 5.74) is 3.32. The van der Waals surface area contributed by atoms with Gasteiger partial charge in [0.15, 0.2) is 5.69 Å². The molecule has 2 heterocycles. The predicted octanol–water partition coefficient (Wildman–Crippen LogP) is 8.11. The number of carbonyl (C=O) groups is 1. The van der Waals surface area contributed by atoms with E-state index in [0.717, 1.165) is 35.2 Å². The summed E-state index contributed by atoms with van der Waals surface area (Å²) in [6.45, 7) is 0.189. The first-order valence-electron chi connectivity index (χ1n) is 13.9. The van der Waals surface area contributed by atoms with Crippen molar-refractivity contribution in [1.82, 2.24) is 14.9 Å². The van der Waals surface area contributed by atoms with E-state index >= 15 is 0 Å². The molecule has 0 radical (unpaired) electrons. The van der Waals surface area contributed by atoms with Crippen molar-refractivity contribution in [3.8, 4) is 17.0 Å². The van der Waals surface area contributed by atoms with Gasteiger partial charge in [-0.05, 0) is 67.5 Å². The fourth-order valence-corrected chi connectivity index (χ4v) is 6.99. The third kappa shape index (κ3) is 4.96. The van der Waals surface area contributed by atoms with Crippen molar-refractivity contribution in [2.75, 3.05) is 0 Å². The van der Waals surface area contributed by atoms with Crippen molar-refractivity contribution in [1.29, 1.82) is 0 Å². The van der Waals surface area contributed by atoms with Crippen LogP contribution in [0, 0.1) is 0 Å². The van der Waals surface area contributed by atoms with Gasteiger partial charge in [-0.3, -0.25) is 4.68 Å². The van der Waals surface area contributed by atoms with Crippen LogP contribution in [0.1, 0.15) is 70.5 Å². The molecule has 0 atom stereocenters. The molecule has 11 heteroatoms. The number of ether oxygens (including phenoxy) is 1. The van der Waals surface area contributed by atoms with Crippen LogP contribution in [0.25, 0.3) is 22.2 Å². The van der Waals surface area contributed by atoms with Gasteiger partial charge >= 0.3 is 5.97 Å². The zero-order chi connectivity index (χ0) is 30.0. The van der Waals surface area contributed by atoms with Gasteiger partial charge in [0, 0.05) is 29.5 Å². The summed E-state index contributed by atoms with van der Waals surface area (Å²) < 4.78 is 13.5. The first-order valence-corrected chi connectivity index (χ1v) is 15.0. The molecule has 2 aromatic heterocycles. The molecule has 2 N–H and O–H groups in total. The Balaban J connectivity index is 1.08. The molecule has 0 saturated heterocycles. The van der Waals surface area contributed by atoms with Crippen LogP contribution < -0.4 is 4.74 Å². The smallest absolute Gasteiger partial charge is 0.357 e. The second-order valence-corrected chi connectivity index (χ2v) is 12.6. The second kappa shape index (κ2) is 10.6. The summed E-state index contributed by atoms with van der Waals surface area (Å²) >= 11 is 19.7. The number of aromatic carboxylic acids is 1. The van der Waals surface area contributed by atoms with Gasteiger partial charge in [0.05, 0.1) is 31.7 Å². The fourth-order valence-electron chi connectivity index (χ4n) is 6.06. The molecule has 2 aliphatic rings. The normalized spacial score (nSPS) is 19.9. The number of hydrogen-bond donors (Lipinski definition) is 2. The zero-order valence-electron chi connectivity index (χ0n) is 23.0. The monoisotopic (exact) mass is 637 g/mol. The molecule has 0 aliphatic heterocycles. The lowest BCUT2D eigenvalue weighted by Crippen LogP contribution is -2.40. The predicted molar refractivity (Wildman–Crippen MR) is 163 cm³/mol. The molecule has 0 spiro atoms. The molecule has 0 amide bonds. The standard InChI is InChI=1S/C32H26Cl3N3O5/c1-38-26-11-17(7-9-20(26)29(36-38)31(39)40)18-13-32(41,14-18)22-10-8-19(12-25(22)35)42-15-21-28(37-43-30(21)16-5-6-16)27-23(33)3-2-4-24(27)34/h2-4,7-12,16,18,41H,5-6,13-15H2,1H3,(H,39,40)/t18-,32+. The molecule has 5 aromatic rings. The van der Waals surface area contributed by atoms with E-state index in [0.29, 0.717) is 61.8 Å². The summed E-state index contributed by atoms with van der Waals surface area (Å²) in [4.78, 5) is 11.5. The van der Waals surface area contributed by atoms with Crippen LogP contribution in [0.15, 0.2) is 59.1 Å². The molecule has 7 rings (SSSR count). The number of aliphatic hydroxyl groups is 1. The summed E-state index contributed by atoms with van der Waals surface area (Å²) in [5.74, 6) is 0.656. The van der Waals surface area contributed by atoms with Crippen molar-refractivity contribution < 1.29 is 24.3 Å². The van der Waals surface area contributed by atoms with E-state index in [1.807, 2.05) is 12.1 Å². The maximum Gasteiger partial charge on any atom is 0.357 e. The Morgan fingerprint density at radius 1 is 1.05 bits per heavy atom. The van der Waals surface area contributed by atoms with E-state index in [1.165, 1.54) is 0 Å². The molecule has 2 fully saturated rings. The first-order chi connectivity index (χ1) is 20.6. The van der Waals surface area contributed by atoms with E-state index in [1.54, 1.807) is 54.2 Å². The lowest BCUT2D eigenvalue weighted by molar-refractivity contribution is -0.0549. The van der Waals surface area contributed by atoms with Gasteiger partial charge < -0.3 is 19.5 Å². The molecule has 0 bridgehead atoms. The second-order valence-electron chi connectivity index (χ2n) is 11.4. The number of aryl methyl sites for hydroxylation is 1. The highest BCUT2D eigenvalue weighted by Crippen LogP contribution is 2.53. The minimum Gasteiger partial charge on any atom is -0.489 e. The van der Waals surface area contributed by atoms with Crippen LogP contribution in [0.3, 0.4) is 0 Å². The van der Waals surface area contributed by atoms with Crippen molar-refractivity contribution in [2.45, 2.75) is 49.7 Å². The highest BCUT2D eigenvalue weighted by molar-refractivity contribution is 6.39. The zero-order valence-corrected chi connectivity index (χ0v) is 25.2. The Morgan fingerprint density at radius 3 is 2.47 bits per heavy atom. The first kappa shape index (κ1) is 28.2. The molecule has 3 aromatic carbocycles. The average molecular weight is 639 g/mol. The van der Waals surface area contributed by atoms with Crippen LogP contribution >= 0.6 is 34.8 Å². The van der Waals surface area contributed by atoms with Gasteiger partial charge in [0.25, 0.3) is 0 Å². The van der Waals surface area contributed by atoms with Gasteiger partial charge in [-0.15, -0.1) is 0 Å². The summed E-state index contributed by atoms with van der Waals surface area (Å²) in [7, 11) is 1.72. The van der Waals surface area contributed by atoms with E-state index < -0.39 is 11.6 Å². The number of carboxylic acids is 1. The third-order valence-electron chi connectivity index (χ3n) is 8.51. The Kier molecular flexibility index (Phi) is 6.93. The maximum absolute atomic E-state index is 11.5. The summed E-state index contributed by atoms with van der Waals surface area (Å²) in [6, 6.07) is 16.3. The van der Waals surface area contributed by atoms with Crippen LogP contribution in [-0.4, -0.2) is 31.1 Å². The Hall–Kier alpha value is -3.56. The fraction of sp³-hybridized carbons (Fsp3) is 0.281. The molecule has 8 nitrogen and oxygen atoms in total. The Morgan fingerprint density at radius 2 is 1.79 bits per heavy atom. The number of carboxylic acid groups (broad SMARTS) is 1. The van der Waals surface area contributed by atoms with Crippen molar-refractivity contribution in [3.63, 3.8) is 0 Å². The molecule has 0 unspecified atom stereocenters. The molecule has 2 saturated carbocycles. The van der Waals surface area contributed by atoms with Gasteiger partial charge in [-0.1, -0.05) is 64.2 Å². The highest BCUT2D eigenvalue weighted by atomic mass is 35.5. The number of nitrogens with zero attached hydrogens (tertiary/aromatic N) is 3. The SMILES string of the molecule is Cn1nc(C(=O)O)c2ccc([C@H]3C[C@](O)(c4ccc(OCc5c(-c6c(Cl)cccc6Cl)noc5C5CC5)cc4Cl)C3)cc21. The largest absolute Gasteiger partial charge is 0.489 e. The van der Waals surface area contributed by atoms with Crippen molar-refractivity contribution >= 4 is 51.7 Å². The number of aromatic nitrogens is 3. The van der Waals surface area contributed by atoms with Gasteiger partial charge in [0.1, 0.15) is 23.8 Å². The van der Waals surface area contributed by atoms with Crippen molar-refractivity contribution in [2.24, 2.45) is 7.05 Å². The van der Waals surface area contributed by atoms with Gasteiger partial charge in [-0.2, -0.15) is 5.10 Å². The van der Waals surface area contributed by atoms with Crippen LogP contribution in [-0.2, 0) is 19.3 Å². The molecule has 43 heavy (non-hydrogen) atoms. The quantitative estimate of drug-likeness (QED) is 0.177. The molecular formula is C32H26Cl3N3O5. The average Bonchev–Trinajstić information content (AvgIpc) is 3.63. The minimum atomic E-state index is -1.09. The summed E-state index contributed by atoms with van der Waals surface area (Å²) in [6.07, 6.45) is 3.01. The van der Waals surface area contributed by atoms with Gasteiger partial charge in [-0.25, -0.2) is 4.79 Å². The third-order valence-corrected chi connectivity index (χ3v) is 9.45. The number of rotatable bonds is 8. The lowest BCUT2D eigenvalue weighted by Gasteiger charge is -2.44. The van der Waals surface area contributed by atoms with Crippen LogP contribution in [0.2, 0.25) is 15.1 Å². The Bertz CT molecular complexity index is 1890. The van der Waals surface area contributed by atoms with Gasteiger partial charge in [0.2, 0.25) is 0 Å². The Labute approximate surface area is 261 Å². The van der Waals surface area contributed by atoms with E-state index in [9.17, 15) is 15.0 Å². The number of hydrogen-bond acceptors (Lipinski definition) is 6.